The van der Waals surface area contributed by atoms with Crippen LogP contribution in [0.3, 0.4) is 0 Å². The molecule has 1 amide bonds. The van der Waals surface area contributed by atoms with E-state index in [2.05, 4.69) is 0 Å². The van der Waals surface area contributed by atoms with Crippen LogP contribution in [0, 0.1) is 5.41 Å². The highest BCUT2D eigenvalue weighted by molar-refractivity contribution is 5.85. The summed E-state index contributed by atoms with van der Waals surface area (Å²) in [5, 5.41) is 0. The highest BCUT2D eigenvalue weighted by Gasteiger charge is 2.50. The van der Waals surface area contributed by atoms with Crippen LogP contribution < -0.4 is 5.73 Å². The smallest absolute Gasteiger partial charge is 0.410 e. The Kier molecular flexibility index (Phi) is 3.99. The summed E-state index contributed by atoms with van der Waals surface area (Å²) in [5.41, 5.74) is 5.83. The average molecular weight is 263 g/mol. The van der Waals surface area contributed by atoms with Crippen molar-refractivity contribution >= 4 is 18.5 Å². The minimum Gasteiger partial charge on any atom is -0.444 e. The maximum atomic E-state index is 11.9. The SMILES string of the molecule is CC(C)(C)OC(=O)N1CCC2(CCC2N)C1.Cl. The summed E-state index contributed by atoms with van der Waals surface area (Å²) >= 11 is 0. The van der Waals surface area contributed by atoms with Gasteiger partial charge < -0.3 is 15.4 Å². The number of rotatable bonds is 0. The molecule has 0 aromatic heterocycles. The highest BCUT2D eigenvalue weighted by atomic mass is 35.5. The molecule has 1 aliphatic heterocycles. The Morgan fingerprint density at radius 2 is 2.06 bits per heavy atom. The van der Waals surface area contributed by atoms with Crippen LogP contribution in [0.2, 0.25) is 0 Å². The molecular formula is C12H23ClN2O2. The van der Waals surface area contributed by atoms with Crippen LogP contribution in [0.4, 0.5) is 4.79 Å². The summed E-state index contributed by atoms with van der Waals surface area (Å²) < 4.78 is 5.36. The van der Waals surface area contributed by atoms with Crippen LogP contribution in [0.25, 0.3) is 0 Å². The zero-order valence-corrected chi connectivity index (χ0v) is 11.7. The number of carbonyl (C=O) groups is 1. The van der Waals surface area contributed by atoms with Gasteiger partial charge in [0.05, 0.1) is 0 Å². The van der Waals surface area contributed by atoms with Gasteiger partial charge in [0.25, 0.3) is 0 Å². The second kappa shape index (κ2) is 4.65. The molecule has 4 nitrogen and oxygen atoms in total. The quantitative estimate of drug-likeness (QED) is 0.728. The number of nitrogens with two attached hydrogens (primary N) is 1. The van der Waals surface area contributed by atoms with Gasteiger partial charge in [-0.1, -0.05) is 0 Å². The van der Waals surface area contributed by atoms with E-state index in [0.29, 0.717) is 0 Å². The van der Waals surface area contributed by atoms with E-state index in [-0.39, 0.29) is 30.0 Å². The van der Waals surface area contributed by atoms with Crippen LogP contribution in [-0.4, -0.2) is 35.7 Å². The number of nitrogens with zero attached hydrogens (tertiary/aromatic N) is 1. The molecule has 1 spiro atoms. The molecular weight excluding hydrogens is 240 g/mol. The van der Waals surface area contributed by atoms with Gasteiger partial charge in [-0.3, -0.25) is 0 Å². The van der Waals surface area contributed by atoms with Crippen molar-refractivity contribution in [2.75, 3.05) is 13.1 Å². The molecule has 2 atom stereocenters. The number of halogens is 1. The zero-order valence-electron chi connectivity index (χ0n) is 10.9. The first-order valence-corrected chi connectivity index (χ1v) is 6.06. The predicted molar refractivity (Wildman–Crippen MR) is 69.3 cm³/mol. The molecule has 2 rings (SSSR count). The van der Waals surface area contributed by atoms with Gasteiger partial charge in [0.15, 0.2) is 0 Å². The van der Waals surface area contributed by atoms with E-state index < -0.39 is 5.60 Å². The number of amides is 1. The number of carbonyl (C=O) groups excluding carboxylic acids is 1. The molecule has 0 radical (unpaired) electrons. The lowest BCUT2D eigenvalue weighted by Gasteiger charge is -2.44. The normalized spacial score (nSPS) is 32.0. The first-order valence-electron chi connectivity index (χ1n) is 6.06. The molecule has 2 unspecified atom stereocenters. The summed E-state index contributed by atoms with van der Waals surface area (Å²) in [7, 11) is 0. The average Bonchev–Trinajstić information content (AvgIpc) is 2.59. The Morgan fingerprint density at radius 1 is 1.41 bits per heavy atom. The van der Waals surface area contributed by atoms with Crippen LogP contribution in [-0.2, 0) is 4.74 Å². The van der Waals surface area contributed by atoms with Crippen molar-refractivity contribution in [1.29, 1.82) is 0 Å². The first kappa shape index (κ1) is 14.6. The Balaban J connectivity index is 0.00000144. The van der Waals surface area contributed by atoms with Gasteiger partial charge in [0, 0.05) is 24.5 Å². The van der Waals surface area contributed by atoms with Crippen molar-refractivity contribution in [3.63, 3.8) is 0 Å². The van der Waals surface area contributed by atoms with Crippen LogP contribution in [0.1, 0.15) is 40.0 Å². The summed E-state index contributed by atoms with van der Waals surface area (Å²) in [5.74, 6) is 0. The first-order chi connectivity index (χ1) is 7.32. The molecule has 5 heteroatoms. The fourth-order valence-electron chi connectivity index (χ4n) is 2.60. The highest BCUT2D eigenvalue weighted by Crippen LogP contribution is 2.47. The van der Waals surface area contributed by atoms with Crippen molar-refractivity contribution in [2.24, 2.45) is 11.1 Å². The third kappa shape index (κ3) is 2.86. The van der Waals surface area contributed by atoms with Gasteiger partial charge in [0.2, 0.25) is 0 Å². The van der Waals surface area contributed by atoms with Crippen molar-refractivity contribution in [1.82, 2.24) is 4.90 Å². The molecule has 1 heterocycles. The summed E-state index contributed by atoms with van der Waals surface area (Å²) in [6.45, 7) is 7.26. The van der Waals surface area contributed by atoms with E-state index in [4.69, 9.17) is 10.5 Å². The Labute approximate surface area is 109 Å². The van der Waals surface area contributed by atoms with Crippen molar-refractivity contribution in [2.45, 2.75) is 51.7 Å². The molecule has 1 aliphatic carbocycles. The van der Waals surface area contributed by atoms with Gasteiger partial charge >= 0.3 is 6.09 Å². The van der Waals surface area contributed by atoms with Gasteiger partial charge in [0.1, 0.15) is 5.60 Å². The maximum Gasteiger partial charge on any atom is 0.410 e. The molecule has 17 heavy (non-hydrogen) atoms. The molecule has 0 aromatic carbocycles. The number of ether oxygens (including phenoxy) is 1. The van der Waals surface area contributed by atoms with Crippen LogP contribution >= 0.6 is 12.4 Å². The maximum absolute atomic E-state index is 11.9. The summed E-state index contributed by atoms with van der Waals surface area (Å²) in [6.07, 6.45) is 3.10. The van der Waals surface area contributed by atoms with Crippen molar-refractivity contribution in [3.8, 4) is 0 Å². The van der Waals surface area contributed by atoms with Gasteiger partial charge in [-0.05, 0) is 40.0 Å². The van der Waals surface area contributed by atoms with Crippen molar-refractivity contribution in [3.05, 3.63) is 0 Å². The van der Waals surface area contributed by atoms with Gasteiger partial charge in [-0.15, -0.1) is 12.4 Å². The number of hydrogen-bond donors (Lipinski definition) is 1. The third-order valence-electron chi connectivity index (χ3n) is 3.78. The van der Waals surface area contributed by atoms with Gasteiger partial charge in [-0.25, -0.2) is 4.79 Å². The molecule has 100 valence electrons. The molecule has 1 saturated carbocycles. The van der Waals surface area contributed by atoms with E-state index >= 15 is 0 Å². The molecule has 2 fully saturated rings. The third-order valence-corrected chi connectivity index (χ3v) is 3.78. The molecule has 2 N–H and O–H groups in total. The number of likely N-dealkylation sites (tertiary alicyclic amines) is 1. The Bertz CT molecular complexity index is 303. The monoisotopic (exact) mass is 262 g/mol. The summed E-state index contributed by atoms with van der Waals surface area (Å²) in [4.78, 5) is 13.7. The largest absolute Gasteiger partial charge is 0.444 e. The van der Waals surface area contributed by atoms with E-state index in [1.54, 1.807) is 0 Å². The number of hydrogen-bond acceptors (Lipinski definition) is 3. The second-order valence-electron chi connectivity index (χ2n) is 6.16. The molecule has 2 aliphatic rings. The minimum absolute atomic E-state index is 0. The molecule has 0 bridgehead atoms. The second-order valence-corrected chi connectivity index (χ2v) is 6.16. The lowest BCUT2D eigenvalue weighted by atomic mass is 9.64. The van der Waals surface area contributed by atoms with Crippen LogP contribution in [0.5, 0.6) is 0 Å². The topological polar surface area (TPSA) is 55.6 Å². The van der Waals surface area contributed by atoms with Crippen LogP contribution in [0.15, 0.2) is 0 Å². The molecule has 0 aromatic rings. The fraction of sp³-hybridized carbons (Fsp3) is 0.917. The predicted octanol–water partition coefficient (Wildman–Crippen LogP) is 2.16. The van der Waals surface area contributed by atoms with E-state index in [1.165, 1.54) is 0 Å². The van der Waals surface area contributed by atoms with Crippen molar-refractivity contribution < 1.29 is 9.53 Å². The summed E-state index contributed by atoms with van der Waals surface area (Å²) in [6, 6.07) is 0.278. The standard InChI is InChI=1S/C12H22N2O2.ClH/c1-11(2,3)16-10(15)14-7-6-12(8-14)5-4-9(12)13;/h9H,4-8,13H2,1-3H3;1H. The molecule has 1 saturated heterocycles. The fourth-order valence-corrected chi connectivity index (χ4v) is 2.60. The van der Waals surface area contributed by atoms with Gasteiger partial charge in [-0.2, -0.15) is 0 Å². The minimum atomic E-state index is -0.408. The lowest BCUT2D eigenvalue weighted by Crippen LogP contribution is -2.52. The van der Waals surface area contributed by atoms with E-state index in [9.17, 15) is 4.79 Å². The zero-order chi connectivity index (χ0) is 12.0. The Morgan fingerprint density at radius 3 is 2.41 bits per heavy atom. The van der Waals surface area contributed by atoms with E-state index in [1.807, 2.05) is 25.7 Å². The lowest BCUT2D eigenvalue weighted by molar-refractivity contribution is 0.0225. The Hall–Kier alpha value is -0.480. The van der Waals surface area contributed by atoms with E-state index in [0.717, 1.165) is 32.4 Å².